The van der Waals surface area contributed by atoms with Crippen LogP contribution >= 0.6 is 11.6 Å². The fourth-order valence-corrected chi connectivity index (χ4v) is 2.89. The summed E-state index contributed by atoms with van der Waals surface area (Å²) in [5.74, 6) is 1.79. The first-order valence-electron chi connectivity index (χ1n) is 6.74. The molecule has 2 aromatic rings. The lowest BCUT2D eigenvalue weighted by molar-refractivity contribution is 0.564. The van der Waals surface area contributed by atoms with E-state index in [1.165, 1.54) is 6.42 Å². The minimum atomic E-state index is 0.706. The van der Waals surface area contributed by atoms with E-state index in [1.807, 2.05) is 18.2 Å². The molecule has 0 saturated carbocycles. The van der Waals surface area contributed by atoms with Crippen LogP contribution in [0, 0.1) is 12.8 Å². The molecule has 0 spiro atoms. The first-order valence-corrected chi connectivity index (χ1v) is 7.12. The molecule has 1 unspecified atom stereocenters. The topological polar surface area (TPSA) is 40.7 Å². The third-order valence-corrected chi connectivity index (χ3v) is 3.91. The van der Waals surface area contributed by atoms with Gasteiger partial charge in [0.05, 0.1) is 5.69 Å². The summed E-state index contributed by atoms with van der Waals surface area (Å²) in [6, 6.07) is 7.87. The highest BCUT2D eigenvalue weighted by molar-refractivity contribution is 6.30. The molecule has 0 amide bonds. The van der Waals surface area contributed by atoms with E-state index in [0.717, 1.165) is 47.3 Å². The molecule has 0 radical (unpaired) electrons. The molecule has 2 N–H and O–H groups in total. The van der Waals surface area contributed by atoms with Gasteiger partial charge in [-0.25, -0.2) is 4.98 Å². The Kier molecular flexibility index (Phi) is 3.58. The lowest BCUT2D eigenvalue weighted by Crippen LogP contribution is -2.11. The van der Waals surface area contributed by atoms with Gasteiger partial charge in [0, 0.05) is 22.7 Å². The van der Waals surface area contributed by atoms with Gasteiger partial charge in [0.1, 0.15) is 5.82 Å². The van der Waals surface area contributed by atoms with Gasteiger partial charge < -0.3 is 10.3 Å². The third kappa shape index (κ3) is 2.82. The summed E-state index contributed by atoms with van der Waals surface area (Å²) in [6.07, 6.45) is 2.26. The second kappa shape index (κ2) is 5.35. The average Bonchev–Trinajstić information content (AvgIpc) is 3.00. The summed E-state index contributed by atoms with van der Waals surface area (Å²) in [7, 11) is 0. The Morgan fingerprint density at radius 3 is 3.05 bits per heavy atom. The molecular weight excluding hydrogens is 258 g/mol. The first-order chi connectivity index (χ1) is 9.22. The lowest BCUT2D eigenvalue weighted by Gasteiger charge is -2.04. The minimum Gasteiger partial charge on any atom is -0.346 e. The van der Waals surface area contributed by atoms with E-state index in [9.17, 15) is 0 Å². The molecule has 1 aliphatic rings. The zero-order chi connectivity index (χ0) is 13.2. The number of nitrogens with one attached hydrogen (secondary N) is 2. The van der Waals surface area contributed by atoms with Crippen LogP contribution in [0.4, 0.5) is 0 Å². The molecule has 0 aliphatic carbocycles. The van der Waals surface area contributed by atoms with E-state index in [-0.39, 0.29) is 0 Å². The van der Waals surface area contributed by atoms with Crippen LogP contribution in [0.15, 0.2) is 24.3 Å². The van der Waals surface area contributed by atoms with Gasteiger partial charge in [-0.2, -0.15) is 0 Å². The number of imidazole rings is 1. The molecule has 2 heterocycles. The van der Waals surface area contributed by atoms with Crippen molar-refractivity contribution in [2.45, 2.75) is 19.8 Å². The Labute approximate surface area is 118 Å². The molecular formula is C15H18ClN3. The van der Waals surface area contributed by atoms with Crippen LogP contribution in [0.25, 0.3) is 11.3 Å². The summed E-state index contributed by atoms with van der Waals surface area (Å²) in [5.41, 5.74) is 3.21. The van der Waals surface area contributed by atoms with Crippen LogP contribution in [-0.2, 0) is 6.42 Å². The van der Waals surface area contributed by atoms with E-state index in [2.05, 4.69) is 23.3 Å². The molecule has 1 aromatic heterocycles. The predicted molar refractivity (Wildman–Crippen MR) is 78.5 cm³/mol. The lowest BCUT2D eigenvalue weighted by atomic mass is 10.1. The largest absolute Gasteiger partial charge is 0.346 e. The number of aryl methyl sites for hydroxylation is 1. The van der Waals surface area contributed by atoms with Crippen molar-refractivity contribution in [2.75, 3.05) is 13.1 Å². The number of rotatable bonds is 3. The van der Waals surface area contributed by atoms with Gasteiger partial charge >= 0.3 is 0 Å². The van der Waals surface area contributed by atoms with E-state index in [1.54, 1.807) is 0 Å². The molecule has 0 bridgehead atoms. The monoisotopic (exact) mass is 275 g/mol. The first kappa shape index (κ1) is 12.7. The van der Waals surface area contributed by atoms with Crippen molar-refractivity contribution in [3.63, 3.8) is 0 Å². The molecule has 4 heteroatoms. The van der Waals surface area contributed by atoms with Crippen LogP contribution in [0.5, 0.6) is 0 Å². The summed E-state index contributed by atoms with van der Waals surface area (Å²) in [5, 5.41) is 4.15. The van der Waals surface area contributed by atoms with Gasteiger partial charge in [0.2, 0.25) is 0 Å². The molecule has 1 aromatic carbocycles. The molecule has 1 atom stereocenters. The molecule has 1 aliphatic heterocycles. The molecule has 1 saturated heterocycles. The maximum atomic E-state index is 6.05. The van der Waals surface area contributed by atoms with Crippen molar-refractivity contribution in [1.82, 2.24) is 15.3 Å². The Balaban J connectivity index is 1.84. The second-order valence-corrected chi connectivity index (χ2v) is 5.67. The number of halogens is 1. The predicted octanol–water partition coefficient (Wildman–Crippen LogP) is 3.19. The van der Waals surface area contributed by atoms with Crippen molar-refractivity contribution >= 4 is 11.6 Å². The zero-order valence-corrected chi connectivity index (χ0v) is 11.8. The number of nitrogens with zero attached hydrogens (tertiary/aromatic N) is 1. The van der Waals surface area contributed by atoms with Crippen LogP contribution in [0.2, 0.25) is 5.02 Å². The fourth-order valence-electron chi connectivity index (χ4n) is 2.70. The summed E-state index contributed by atoms with van der Waals surface area (Å²) < 4.78 is 0. The Morgan fingerprint density at radius 1 is 1.42 bits per heavy atom. The maximum Gasteiger partial charge on any atom is 0.107 e. The molecule has 19 heavy (non-hydrogen) atoms. The number of aromatic nitrogens is 2. The standard InChI is InChI=1S/C15H18ClN3/c1-10-15(12-3-2-4-13(16)8-12)19-14(18-10)7-11-5-6-17-9-11/h2-4,8,11,17H,5-7,9H2,1H3,(H,18,19). The number of aromatic amines is 1. The molecule has 3 nitrogen and oxygen atoms in total. The van der Waals surface area contributed by atoms with Crippen LogP contribution in [0.3, 0.4) is 0 Å². The highest BCUT2D eigenvalue weighted by Crippen LogP contribution is 2.25. The highest BCUT2D eigenvalue weighted by Gasteiger charge is 2.17. The molecule has 100 valence electrons. The van der Waals surface area contributed by atoms with E-state index < -0.39 is 0 Å². The fraction of sp³-hybridized carbons (Fsp3) is 0.400. The van der Waals surface area contributed by atoms with E-state index >= 15 is 0 Å². The second-order valence-electron chi connectivity index (χ2n) is 5.23. The Bertz CT molecular complexity index is 571. The molecule has 3 rings (SSSR count). The van der Waals surface area contributed by atoms with Crippen molar-refractivity contribution in [3.05, 3.63) is 40.8 Å². The smallest absolute Gasteiger partial charge is 0.107 e. The maximum absolute atomic E-state index is 6.05. The number of H-pyrrole nitrogens is 1. The zero-order valence-electron chi connectivity index (χ0n) is 11.0. The van der Waals surface area contributed by atoms with Crippen molar-refractivity contribution in [2.24, 2.45) is 5.92 Å². The summed E-state index contributed by atoms with van der Waals surface area (Å²) >= 11 is 6.05. The molecule has 1 fully saturated rings. The van der Waals surface area contributed by atoms with Crippen LogP contribution < -0.4 is 5.32 Å². The van der Waals surface area contributed by atoms with Crippen molar-refractivity contribution < 1.29 is 0 Å². The third-order valence-electron chi connectivity index (χ3n) is 3.68. The SMILES string of the molecule is Cc1[nH]c(CC2CCNC2)nc1-c1cccc(Cl)c1. The van der Waals surface area contributed by atoms with Gasteiger partial charge in [-0.05, 0) is 44.5 Å². The van der Waals surface area contributed by atoms with Gasteiger partial charge in [0.25, 0.3) is 0 Å². The van der Waals surface area contributed by atoms with Crippen molar-refractivity contribution in [1.29, 1.82) is 0 Å². The number of hydrogen-bond donors (Lipinski definition) is 2. The van der Waals surface area contributed by atoms with Crippen LogP contribution in [0.1, 0.15) is 17.9 Å². The Hall–Kier alpha value is -1.32. The summed E-state index contributed by atoms with van der Waals surface area (Å²) in [6.45, 7) is 4.30. The van der Waals surface area contributed by atoms with Gasteiger partial charge in [-0.1, -0.05) is 23.7 Å². The number of hydrogen-bond acceptors (Lipinski definition) is 2. The minimum absolute atomic E-state index is 0.706. The van der Waals surface area contributed by atoms with Gasteiger partial charge in [0.15, 0.2) is 0 Å². The normalized spacial score (nSPS) is 18.9. The van der Waals surface area contributed by atoms with Gasteiger partial charge in [-0.3, -0.25) is 0 Å². The summed E-state index contributed by atoms with van der Waals surface area (Å²) in [4.78, 5) is 8.15. The highest BCUT2D eigenvalue weighted by atomic mass is 35.5. The number of benzene rings is 1. The Morgan fingerprint density at radius 2 is 2.32 bits per heavy atom. The average molecular weight is 276 g/mol. The van der Waals surface area contributed by atoms with Crippen LogP contribution in [-0.4, -0.2) is 23.1 Å². The van der Waals surface area contributed by atoms with E-state index in [0.29, 0.717) is 5.92 Å². The van der Waals surface area contributed by atoms with E-state index in [4.69, 9.17) is 16.6 Å². The van der Waals surface area contributed by atoms with Crippen molar-refractivity contribution in [3.8, 4) is 11.3 Å². The van der Waals surface area contributed by atoms with Gasteiger partial charge in [-0.15, -0.1) is 0 Å². The quantitative estimate of drug-likeness (QED) is 0.903.